The van der Waals surface area contributed by atoms with Gasteiger partial charge in [0.1, 0.15) is 0 Å². The van der Waals surface area contributed by atoms with Crippen LogP contribution >= 0.6 is 0 Å². The predicted molar refractivity (Wildman–Crippen MR) is 485 cm³/mol. The summed E-state index contributed by atoms with van der Waals surface area (Å²) >= 11 is 0. The molecule has 0 heteroatoms. The summed E-state index contributed by atoms with van der Waals surface area (Å²) in [5.41, 5.74) is 39.1. The van der Waals surface area contributed by atoms with E-state index in [0.29, 0.717) is 0 Å². The lowest BCUT2D eigenvalue weighted by atomic mass is 9.98. The van der Waals surface area contributed by atoms with Crippen molar-refractivity contribution in [2.75, 3.05) is 0 Å². The van der Waals surface area contributed by atoms with E-state index >= 15 is 0 Å². The van der Waals surface area contributed by atoms with E-state index in [1.54, 1.807) is 0 Å². The normalized spacial score (nSPS) is 10.6. The first kappa shape index (κ1) is 80.3. The molecule has 0 amide bonds. The Morgan fingerprint density at radius 2 is 0.243 bits per heavy atom. The van der Waals surface area contributed by atoms with Crippen molar-refractivity contribution in [1.82, 2.24) is 0 Å². The molecule has 0 aliphatic rings. The topological polar surface area (TPSA) is 0 Å². The number of aryl methyl sites for hydroxylation is 10. The van der Waals surface area contributed by atoms with E-state index in [0.717, 1.165) is 19.3 Å². The van der Waals surface area contributed by atoms with Gasteiger partial charge < -0.3 is 0 Å². The summed E-state index contributed by atoms with van der Waals surface area (Å²) in [6, 6.07) is 132. The van der Waals surface area contributed by atoms with Crippen LogP contribution in [0.15, 0.2) is 364 Å². The molecule has 0 nitrogen and oxygen atoms in total. The van der Waals surface area contributed by atoms with Gasteiger partial charge in [-0.25, -0.2) is 0 Å². The summed E-state index contributed by atoms with van der Waals surface area (Å²) < 4.78 is 0. The van der Waals surface area contributed by atoms with Gasteiger partial charge in [0.05, 0.1) is 0 Å². The van der Waals surface area contributed by atoms with Gasteiger partial charge in [0.25, 0.3) is 0 Å². The zero-order valence-corrected chi connectivity index (χ0v) is 67.4. The maximum Gasteiger partial charge on any atom is -0.0184 e. The van der Waals surface area contributed by atoms with Crippen LogP contribution in [-0.2, 0) is 32.1 Å². The second-order valence-corrected chi connectivity index (χ2v) is 29.8. The van der Waals surface area contributed by atoms with Crippen LogP contribution < -0.4 is 0 Å². The molecule has 0 bridgehead atoms. The second kappa shape index (κ2) is 41.8. The minimum atomic E-state index is 1.09. The van der Waals surface area contributed by atoms with Gasteiger partial charge in [0, 0.05) is 0 Å². The number of hydrogen-bond donors (Lipinski definition) is 0. The third-order valence-electron chi connectivity index (χ3n) is 20.9. The minimum Gasteiger partial charge on any atom is -0.0654 e. The number of rotatable bonds is 21. The van der Waals surface area contributed by atoms with Gasteiger partial charge in [-0.05, 0) is 219 Å². The Morgan fingerprint density at radius 1 is 0.126 bits per heavy atom. The van der Waals surface area contributed by atoms with Crippen LogP contribution in [0.25, 0.3) is 111 Å². The fourth-order valence-corrected chi connectivity index (χ4v) is 13.7. The average Bonchev–Trinajstić information content (AvgIpc) is 0.853. The van der Waals surface area contributed by atoms with Gasteiger partial charge >= 0.3 is 0 Å². The molecule has 0 saturated carbocycles. The zero-order chi connectivity index (χ0) is 77.5. The van der Waals surface area contributed by atoms with Gasteiger partial charge in [-0.15, -0.1) is 0 Å². The highest BCUT2D eigenvalue weighted by Crippen LogP contribution is 2.32. The smallest absolute Gasteiger partial charge is 0.0184 e. The van der Waals surface area contributed by atoms with Crippen molar-refractivity contribution in [1.29, 1.82) is 0 Å². The standard InChI is InChI=1S/2C23H24.2C22H22.C21H20/c2*1-3-4-5-19-8-12-21(13-9-19)23-16-14-22(15-17-23)20-10-6-18(2)7-11-20;2*1-3-4-18-7-11-20(12-8-18)22-15-13-21(14-16-22)19-9-5-17(2)6-10-19;1-3-17-6-10-19(11-7-17)21-14-12-20(13-15-21)18-8-4-16(2)5-9-18/h2*6-17H,3-5H2,1-2H3;2*5-16H,3-4H2,1-2H3;4-15H,3H2,1-2H3. The van der Waals surface area contributed by atoms with Crippen molar-refractivity contribution >= 4 is 0 Å². The lowest BCUT2D eigenvalue weighted by Gasteiger charge is -2.07. The first-order chi connectivity index (χ1) is 54.3. The van der Waals surface area contributed by atoms with Crippen LogP contribution in [0.5, 0.6) is 0 Å². The van der Waals surface area contributed by atoms with E-state index in [9.17, 15) is 0 Å². The molecule has 15 aromatic carbocycles. The largest absolute Gasteiger partial charge is 0.0654 e. The molecule has 0 aliphatic heterocycles. The molecule has 0 N–H and O–H groups in total. The maximum atomic E-state index is 2.26. The van der Waals surface area contributed by atoms with Gasteiger partial charge in [-0.2, -0.15) is 0 Å². The molecule has 556 valence electrons. The van der Waals surface area contributed by atoms with E-state index in [1.807, 2.05) is 0 Å². The van der Waals surface area contributed by atoms with E-state index in [1.165, 1.54) is 218 Å². The summed E-state index contributed by atoms with van der Waals surface area (Å²) in [6.07, 6.45) is 13.2. The van der Waals surface area contributed by atoms with Gasteiger partial charge in [0.15, 0.2) is 0 Å². The first-order valence-corrected chi connectivity index (χ1v) is 40.6. The Morgan fingerprint density at radius 3 is 0.369 bits per heavy atom. The van der Waals surface area contributed by atoms with Gasteiger partial charge in [-0.1, -0.05) is 452 Å². The van der Waals surface area contributed by atoms with Crippen LogP contribution in [0.3, 0.4) is 0 Å². The third-order valence-corrected chi connectivity index (χ3v) is 20.9. The molecule has 0 atom stereocenters. The Hall–Kier alpha value is -11.7. The molecule has 0 saturated heterocycles. The summed E-state index contributed by atoms with van der Waals surface area (Å²) in [7, 11) is 0. The van der Waals surface area contributed by atoms with Crippen molar-refractivity contribution in [2.24, 2.45) is 0 Å². The van der Waals surface area contributed by atoms with Crippen molar-refractivity contribution in [2.45, 2.75) is 140 Å². The van der Waals surface area contributed by atoms with E-state index in [4.69, 9.17) is 0 Å². The lowest BCUT2D eigenvalue weighted by Crippen LogP contribution is -1.85. The lowest BCUT2D eigenvalue weighted by molar-refractivity contribution is 0.795. The third kappa shape index (κ3) is 24.1. The molecule has 0 aromatic heterocycles. The zero-order valence-electron chi connectivity index (χ0n) is 67.4. The molecule has 0 radical (unpaired) electrons. The highest BCUT2D eigenvalue weighted by Gasteiger charge is 2.08. The monoisotopic (exact) mass is 1440 g/mol. The quantitative estimate of drug-likeness (QED) is 0.0673. The summed E-state index contributed by atoms with van der Waals surface area (Å²) in [5, 5.41) is 0. The molecular weight excluding hydrogens is 1330 g/mol. The Labute approximate surface area is 666 Å². The van der Waals surface area contributed by atoms with Crippen LogP contribution in [0.1, 0.15) is 129 Å². The molecule has 111 heavy (non-hydrogen) atoms. The predicted octanol–water partition coefficient (Wildman–Crippen LogP) is 31.8. The van der Waals surface area contributed by atoms with Crippen LogP contribution in [0, 0.1) is 34.6 Å². The summed E-state index contributed by atoms with van der Waals surface area (Å²) in [5.74, 6) is 0. The molecule has 0 unspecified atom stereocenters. The van der Waals surface area contributed by atoms with Crippen molar-refractivity contribution in [3.63, 3.8) is 0 Å². The van der Waals surface area contributed by atoms with E-state index < -0.39 is 0 Å². The molecule has 0 fully saturated rings. The highest BCUT2D eigenvalue weighted by molar-refractivity contribution is 5.76. The molecule has 0 heterocycles. The van der Waals surface area contributed by atoms with Crippen LogP contribution in [0.2, 0.25) is 0 Å². The summed E-state index contributed by atoms with van der Waals surface area (Å²) in [4.78, 5) is 0. The van der Waals surface area contributed by atoms with Gasteiger partial charge in [-0.3, -0.25) is 0 Å². The van der Waals surface area contributed by atoms with Crippen LogP contribution in [-0.4, -0.2) is 0 Å². The van der Waals surface area contributed by atoms with Crippen LogP contribution in [0.4, 0.5) is 0 Å². The van der Waals surface area contributed by atoms with E-state index in [2.05, 4.69) is 433 Å². The number of unbranched alkanes of at least 4 members (excludes halogenated alkanes) is 2. The fourth-order valence-electron chi connectivity index (χ4n) is 13.7. The van der Waals surface area contributed by atoms with Crippen molar-refractivity contribution in [3.05, 3.63) is 420 Å². The number of hydrogen-bond acceptors (Lipinski definition) is 0. The first-order valence-electron chi connectivity index (χ1n) is 40.6. The summed E-state index contributed by atoms with van der Waals surface area (Å²) in [6.45, 7) is 21.7. The molecular formula is C111H112. The Balaban J connectivity index is 0.000000137. The average molecular weight is 1450 g/mol. The Bertz CT molecular complexity index is 4890. The molecule has 0 spiro atoms. The fraction of sp³-hybridized carbons (Fsp3) is 0.189. The molecule has 15 rings (SSSR count). The highest BCUT2D eigenvalue weighted by atomic mass is 14.1. The minimum absolute atomic E-state index is 1.09. The van der Waals surface area contributed by atoms with Crippen molar-refractivity contribution < 1.29 is 0 Å². The van der Waals surface area contributed by atoms with Crippen molar-refractivity contribution in [3.8, 4) is 111 Å². The molecule has 0 aliphatic carbocycles. The maximum absolute atomic E-state index is 2.26. The van der Waals surface area contributed by atoms with Gasteiger partial charge in [0.2, 0.25) is 0 Å². The Kier molecular flexibility index (Phi) is 30.2. The van der Waals surface area contributed by atoms with E-state index in [-0.39, 0.29) is 0 Å². The number of benzene rings is 15. The SMILES string of the molecule is CCCCc1ccc(-c2ccc(-c3ccc(C)cc3)cc2)cc1.CCCCc1ccc(-c2ccc(-c3ccc(C)cc3)cc2)cc1.CCCc1ccc(-c2ccc(-c3ccc(C)cc3)cc2)cc1.CCCc1ccc(-c2ccc(-c3ccc(C)cc3)cc2)cc1.CCc1ccc(-c2ccc(-c3ccc(C)cc3)cc2)cc1. The second-order valence-electron chi connectivity index (χ2n) is 29.8. The molecule has 15 aromatic rings.